The average Bonchev–Trinajstić information content (AvgIpc) is 2.99. The minimum Gasteiger partial charge on any atom is -0.396 e. The second kappa shape index (κ2) is 4.06. The lowest BCUT2D eigenvalue weighted by atomic mass is 9.87. The van der Waals surface area contributed by atoms with Crippen LogP contribution in [-0.2, 0) is 4.79 Å². The van der Waals surface area contributed by atoms with Crippen LogP contribution in [-0.4, -0.2) is 24.2 Å². The molecule has 0 radical (unpaired) electrons. The second-order valence-electron chi connectivity index (χ2n) is 5.24. The van der Waals surface area contributed by atoms with Crippen LogP contribution in [0.15, 0.2) is 0 Å². The topological polar surface area (TPSA) is 73.1 Å². The molecular weight excluding hydrogens is 204 g/mol. The molecule has 1 amide bonds. The number of aliphatic hydroxyl groups is 1. The highest BCUT2D eigenvalue weighted by atomic mass is 16.3. The third kappa shape index (κ3) is 1.92. The second-order valence-corrected chi connectivity index (χ2v) is 5.24. The Kier molecular flexibility index (Phi) is 2.90. The molecule has 2 rings (SSSR count). The van der Waals surface area contributed by atoms with E-state index in [9.17, 15) is 9.90 Å². The van der Waals surface area contributed by atoms with Gasteiger partial charge in [0.15, 0.2) is 0 Å². The Hall–Kier alpha value is -1.08. The fourth-order valence-electron chi connectivity index (χ4n) is 2.47. The van der Waals surface area contributed by atoms with Crippen LogP contribution in [0.2, 0.25) is 0 Å². The quantitative estimate of drug-likeness (QED) is 0.744. The minimum atomic E-state index is -0.741. The third-order valence-corrected chi connectivity index (χ3v) is 4.02. The number of nitrogens with zero attached hydrogens (tertiary/aromatic N) is 1. The zero-order chi connectivity index (χ0) is 11.6. The number of amides is 1. The van der Waals surface area contributed by atoms with Gasteiger partial charge >= 0.3 is 0 Å². The van der Waals surface area contributed by atoms with Crippen molar-refractivity contribution in [3.8, 4) is 6.07 Å². The molecule has 88 valence electrons. The monoisotopic (exact) mass is 222 g/mol. The van der Waals surface area contributed by atoms with Crippen molar-refractivity contribution in [2.45, 2.75) is 38.5 Å². The first-order valence-corrected chi connectivity index (χ1v) is 5.97. The number of carbonyl (C=O) groups is 1. The SMILES string of the molecule is N#CC1(C(=O)NCC2(CO)CCCC2)CC1. The summed E-state index contributed by atoms with van der Waals surface area (Å²) in [4.78, 5) is 11.8. The Morgan fingerprint density at radius 3 is 2.38 bits per heavy atom. The molecule has 0 aromatic rings. The van der Waals surface area contributed by atoms with Gasteiger partial charge in [-0.3, -0.25) is 4.79 Å². The average molecular weight is 222 g/mol. The molecule has 0 aromatic heterocycles. The molecule has 0 aromatic carbocycles. The molecular formula is C12H18N2O2. The Bertz CT molecular complexity index is 322. The van der Waals surface area contributed by atoms with Gasteiger partial charge in [-0.15, -0.1) is 0 Å². The third-order valence-electron chi connectivity index (χ3n) is 4.02. The van der Waals surface area contributed by atoms with Gasteiger partial charge in [0.05, 0.1) is 12.7 Å². The Balaban J connectivity index is 1.87. The lowest BCUT2D eigenvalue weighted by molar-refractivity contribution is -0.125. The van der Waals surface area contributed by atoms with Gasteiger partial charge in [0.25, 0.3) is 0 Å². The predicted octanol–water partition coefficient (Wildman–Crippen LogP) is 0.959. The summed E-state index contributed by atoms with van der Waals surface area (Å²) < 4.78 is 0. The van der Waals surface area contributed by atoms with E-state index in [0.29, 0.717) is 19.4 Å². The van der Waals surface area contributed by atoms with E-state index >= 15 is 0 Å². The molecule has 2 N–H and O–H groups in total. The molecule has 4 nitrogen and oxygen atoms in total. The molecule has 0 bridgehead atoms. The Morgan fingerprint density at radius 2 is 1.94 bits per heavy atom. The van der Waals surface area contributed by atoms with Gasteiger partial charge in [0.1, 0.15) is 5.41 Å². The minimum absolute atomic E-state index is 0.124. The first-order chi connectivity index (χ1) is 7.66. The largest absolute Gasteiger partial charge is 0.396 e. The zero-order valence-corrected chi connectivity index (χ0v) is 9.46. The smallest absolute Gasteiger partial charge is 0.240 e. The van der Waals surface area contributed by atoms with Gasteiger partial charge in [-0.1, -0.05) is 12.8 Å². The summed E-state index contributed by atoms with van der Waals surface area (Å²) in [5.41, 5.74) is -0.865. The molecule has 0 unspecified atom stereocenters. The van der Waals surface area contributed by atoms with Crippen LogP contribution in [0, 0.1) is 22.2 Å². The van der Waals surface area contributed by atoms with Gasteiger partial charge in [0, 0.05) is 12.0 Å². The van der Waals surface area contributed by atoms with Crippen molar-refractivity contribution < 1.29 is 9.90 Å². The van der Waals surface area contributed by atoms with E-state index in [-0.39, 0.29) is 17.9 Å². The molecule has 4 heteroatoms. The van der Waals surface area contributed by atoms with Crippen molar-refractivity contribution in [3.05, 3.63) is 0 Å². The Morgan fingerprint density at radius 1 is 1.31 bits per heavy atom. The summed E-state index contributed by atoms with van der Waals surface area (Å²) >= 11 is 0. The Labute approximate surface area is 95.6 Å². The maximum Gasteiger partial charge on any atom is 0.240 e. The number of hydrogen-bond donors (Lipinski definition) is 2. The summed E-state index contributed by atoms with van der Waals surface area (Å²) in [5, 5.41) is 21.1. The van der Waals surface area contributed by atoms with Crippen molar-refractivity contribution in [2.75, 3.05) is 13.2 Å². The molecule has 0 aliphatic heterocycles. The predicted molar refractivity (Wildman–Crippen MR) is 58.3 cm³/mol. The summed E-state index contributed by atoms with van der Waals surface area (Å²) in [6.45, 7) is 0.651. The normalized spacial score (nSPS) is 24.8. The number of nitrogens with one attached hydrogen (secondary N) is 1. The first-order valence-electron chi connectivity index (χ1n) is 5.97. The van der Waals surface area contributed by atoms with Crippen LogP contribution in [0.25, 0.3) is 0 Å². The van der Waals surface area contributed by atoms with Gasteiger partial charge in [-0.25, -0.2) is 0 Å². The van der Waals surface area contributed by atoms with Gasteiger partial charge in [0.2, 0.25) is 5.91 Å². The number of nitriles is 1. The zero-order valence-electron chi connectivity index (χ0n) is 9.46. The first kappa shape index (κ1) is 11.4. The molecule has 16 heavy (non-hydrogen) atoms. The van der Waals surface area contributed by atoms with Crippen molar-refractivity contribution in [1.82, 2.24) is 5.32 Å². The summed E-state index contributed by atoms with van der Waals surface area (Å²) in [7, 11) is 0. The molecule has 2 fully saturated rings. The van der Waals surface area contributed by atoms with E-state index in [1.54, 1.807) is 0 Å². The number of aliphatic hydroxyl groups excluding tert-OH is 1. The lowest BCUT2D eigenvalue weighted by Gasteiger charge is -2.27. The maximum absolute atomic E-state index is 11.8. The van der Waals surface area contributed by atoms with Gasteiger partial charge < -0.3 is 10.4 Å². The fourth-order valence-corrected chi connectivity index (χ4v) is 2.47. The van der Waals surface area contributed by atoms with Crippen LogP contribution in [0.5, 0.6) is 0 Å². The molecule has 2 aliphatic rings. The van der Waals surface area contributed by atoms with Gasteiger partial charge in [-0.05, 0) is 25.7 Å². The summed E-state index contributed by atoms with van der Waals surface area (Å²) in [6, 6.07) is 2.08. The van der Waals surface area contributed by atoms with E-state index in [4.69, 9.17) is 5.26 Å². The van der Waals surface area contributed by atoms with Crippen LogP contribution >= 0.6 is 0 Å². The molecule has 0 heterocycles. The molecule has 0 atom stereocenters. The van der Waals surface area contributed by atoms with E-state index in [1.807, 2.05) is 0 Å². The van der Waals surface area contributed by atoms with E-state index in [1.165, 1.54) is 0 Å². The number of hydrogen-bond acceptors (Lipinski definition) is 3. The fraction of sp³-hybridized carbons (Fsp3) is 0.833. The summed E-state index contributed by atoms with van der Waals surface area (Å²) in [5.74, 6) is -0.144. The molecule has 2 saturated carbocycles. The van der Waals surface area contributed by atoms with Crippen molar-refractivity contribution >= 4 is 5.91 Å². The highest BCUT2D eigenvalue weighted by Gasteiger charge is 2.51. The van der Waals surface area contributed by atoms with Crippen molar-refractivity contribution in [2.24, 2.45) is 10.8 Å². The van der Waals surface area contributed by atoms with Crippen LogP contribution < -0.4 is 5.32 Å². The van der Waals surface area contributed by atoms with Crippen LogP contribution in [0.4, 0.5) is 0 Å². The van der Waals surface area contributed by atoms with Crippen molar-refractivity contribution in [1.29, 1.82) is 5.26 Å². The van der Waals surface area contributed by atoms with E-state index < -0.39 is 5.41 Å². The standard InChI is InChI=1S/C12H18N2O2/c13-7-12(5-6-12)10(16)14-8-11(9-15)3-1-2-4-11/h15H,1-6,8-9H2,(H,14,16). The molecule has 0 saturated heterocycles. The van der Waals surface area contributed by atoms with Crippen LogP contribution in [0.3, 0.4) is 0 Å². The van der Waals surface area contributed by atoms with Gasteiger partial charge in [-0.2, -0.15) is 5.26 Å². The molecule has 0 spiro atoms. The highest BCUT2D eigenvalue weighted by molar-refractivity contribution is 5.88. The maximum atomic E-state index is 11.8. The van der Waals surface area contributed by atoms with E-state index in [2.05, 4.69) is 11.4 Å². The van der Waals surface area contributed by atoms with Crippen molar-refractivity contribution in [3.63, 3.8) is 0 Å². The van der Waals surface area contributed by atoms with E-state index in [0.717, 1.165) is 25.7 Å². The molecule has 2 aliphatic carbocycles. The summed E-state index contributed by atoms with van der Waals surface area (Å²) in [6.07, 6.45) is 5.56. The van der Waals surface area contributed by atoms with Crippen LogP contribution in [0.1, 0.15) is 38.5 Å². The number of carbonyl (C=O) groups excluding carboxylic acids is 1. The highest BCUT2D eigenvalue weighted by Crippen LogP contribution is 2.45. The lowest BCUT2D eigenvalue weighted by Crippen LogP contribution is -2.41. The number of rotatable bonds is 4.